The predicted molar refractivity (Wildman–Crippen MR) is 179 cm³/mol. The Balaban J connectivity index is 0.00000139. The maximum Gasteiger partial charge on any atom is 0.322 e. The number of methoxy groups -OCH3 is 1. The Hall–Kier alpha value is -3.64. The Labute approximate surface area is 279 Å². The number of nitrogens with two attached hydrogens (primary N) is 2. The number of nitrogens with zero attached hydrogens (tertiary/aromatic N) is 3. The number of aliphatic imine (C=N–C) groups is 2. The molecule has 14 nitrogen and oxygen atoms in total. The number of rotatable bonds is 13. The van der Waals surface area contributed by atoms with Crippen molar-refractivity contribution >= 4 is 30.0 Å². The van der Waals surface area contributed by atoms with Gasteiger partial charge in [0, 0.05) is 32.4 Å². The lowest BCUT2D eigenvalue weighted by molar-refractivity contribution is -0.149. The maximum absolute atomic E-state index is 12.7. The van der Waals surface area contributed by atoms with Gasteiger partial charge in [0.15, 0.2) is 5.84 Å². The van der Waals surface area contributed by atoms with E-state index in [1.54, 1.807) is 19.9 Å². The van der Waals surface area contributed by atoms with Crippen LogP contribution in [0, 0.1) is 23.7 Å². The van der Waals surface area contributed by atoms with Crippen LogP contribution in [0.2, 0.25) is 0 Å². The van der Waals surface area contributed by atoms with Crippen LogP contribution in [-0.4, -0.2) is 85.3 Å². The number of ether oxygens (including phenoxy) is 4. The lowest BCUT2D eigenvalue weighted by Gasteiger charge is -2.24. The zero-order valence-corrected chi connectivity index (χ0v) is 29.1. The Bertz CT molecular complexity index is 1140. The second-order valence-corrected chi connectivity index (χ2v) is 11.9. The molecular formula is C33H56N6O8. The molecule has 3 atom stereocenters. The van der Waals surface area contributed by atoms with Crippen molar-refractivity contribution in [3.05, 3.63) is 23.5 Å². The van der Waals surface area contributed by atoms with E-state index in [2.05, 4.69) is 33.2 Å². The number of aliphatic hydroxyl groups excluding tert-OH is 1. The molecule has 1 aliphatic heterocycles. The number of carbonyl (C=O) groups excluding carboxylic acids is 3. The summed E-state index contributed by atoms with van der Waals surface area (Å²) < 4.78 is 21.6. The highest BCUT2D eigenvalue weighted by molar-refractivity contribution is 6.08. The second-order valence-electron chi connectivity index (χ2n) is 11.9. The quantitative estimate of drug-likeness (QED) is 0.103. The number of hydrogen-bond acceptors (Lipinski definition) is 10. The average molecular weight is 665 g/mol. The Morgan fingerprint density at radius 2 is 1.85 bits per heavy atom. The predicted octanol–water partition coefficient (Wildman–Crippen LogP) is 3.71. The molecule has 2 aliphatic rings. The molecule has 6 N–H and O–H groups in total. The first kappa shape index (κ1) is 43.4. The fraction of sp³-hybridized carbons (Fsp3) is 0.697. The standard InChI is InChI=1S/C25H38N4O5.C6H13NO2.CHN.CH4O/c1-4-5-13-33-25(2,3)24(31)29-23(27-16-26)20-11-10-19(28-20)21-12-9-18(34-21)15-32-22(30)14-17-7-6-8-17;1-4(2)5(7)6(8)9-3;2*1-2/h10-11,16-18,21,28H,4-9,12-15H2,1-3H3,(H2,26,27,29,31);4-5H,7H2,1-3H3;1H;2H,1H3. The zero-order valence-electron chi connectivity index (χ0n) is 29.1. The smallest absolute Gasteiger partial charge is 0.322 e. The van der Waals surface area contributed by atoms with Gasteiger partial charge in [0.2, 0.25) is 0 Å². The summed E-state index contributed by atoms with van der Waals surface area (Å²) in [6, 6.07) is 3.21. The van der Waals surface area contributed by atoms with E-state index in [4.69, 9.17) is 36.0 Å². The molecule has 0 bridgehead atoms. The van der Waals surface area contributed by atoms with Crippen LogP contribution >= 0.6 is 0 Å². The minimum Gasteiger partial charge on any atom is -0.468 e. The van der Waals surface area contributed by atoms with Gasteiger partial charge in [-0.3, -0.25) is 14.4 Å². The number of nitrogens with one attached hydrogen (secondary N) is 1. The normalized spacial score (nSPS) is 18.4. The molecule has 3 unspecified atom stereocenters. The average Bonchev–Trinajstić information content (AvgIpc) is 3.73. The molecule has 1 aromatic rings. The summed E-state index contributed by atoms with van der Waals surface area (Å²) in [5.41, 5.74) is 11.3. The van der Waals surface area contributed by atoms with Crippen LogP contribution in [0.4, 0.5) is 0 Å². The summed E-state index contributed by atoms with van der Waals surface area (Å²) in [6.45, 7) is 13.5. The van der Waals surface area contributed by atoms with Crippen molar-refractivity contribution in [3.8, 4) is 6.57 Å². The fourth-order valence-corrected chi connectivity index (χ4v) is 4.37. The summed E-state index contributed by atoms with van der Waals surface area (Å²) in [4.78, 5) is 46.8. The molecule has 0 spiro atoms. The molecule has 0 aromatic carbocycles. The van der Waals surface area contributed by atoms with Crippen LogP contribution in [0.3, 0.4) is 0 Å². The lowest BCUT2D eigenvalue weighted by Crippen LogP contribution is -2.36. The van der Waals surface area contributed by atoms with Gasteiger partial charge in [0.1, 0.15) is 18.2 Å². The summed E-state index contributed by atoms with van der Waals surface area (Å²) in [7, 11) is 2.34. The monoisotopic (exact) mass is 664 g/mol. The number of amides is 1. The van der Waals surface area contributed by atoms with Crippen LogP contribution in [0.1, 0.15) is 103 Å². The van der Waals surface area contributed by atoms with Crippen molar-refractivity contribution in [1.29, 1.82) is 5.26 Å². The molecule has 2 heterocycles. The first-order valence-electron chi connectivity index (χ1n) is 16.0. The van der Waals surface area contributed by atoms with Gasteiger partial charge in [-0.05, 0) is 69.9 Å². The molecular weight excluding hydrogens is 608 g/mol. The lowest BCUT2D eigenvalue weighted by atomic mass is 9.83. The van der Waals surface area contributed by atoms with Gasteiger partial charge in [-0.1, -0.05) is 33.6 Å². The maximum atomic E-state index is 12.7. The van der Waals surface area contributed by atoms with Crippen molar-refractivity contribution in [1.82, 2.24) is 4.98 Å². The van der Waals surface area contributed by atoms with Crippen molar-refractivity contribution in [2.45, 2.75) is 110 Å². The first-order chi connectivity index (χ1) is 22.4. The highest BCUT2D eigenvalue weighted by atomic mass is 16.6. The number of H-pyrrole nitrogens is 1. The van der Waals surface area contributed by atoms with Crippen molar-refractivity contribution in [3.63, 3.8) is 0 Å². The number of carbonyl (C=O) groups is 3. The van der Waals surface area contributed by atoms with Crippen LogP contribution in [0.25, 0.3) is 0 Å². The fourth-order valence-electron chi connectivity index (χ4n) is 4.37. The van der Waals surface area contributed by atoms with Crippen LogP contribution < -0.4 is 11.5 Å². The number of hydrogen-bond donors (Lipinski definition) is 4. The number of esters is 2. The molecule has 266 valence electrons. The van der Waals surface area contributed by atoms with Gasteiger partial charge >= 0.3 is 11.9 Å². The van der Waals surface area contributed by atoms with Crippen LogP contribution in [-0.2, 0) is 33.3 Å². The molecule has 1 saturated heterocycles. The number of aromatic amines is 1. The number of aliphatic hydroxyl groups is 1. The molecule has 0 radical (unpaired) electrons. The van der Waals surface area contributed by atoms with Gasteiger partial charge < -0.3 is 40.5 Å². The third kappa shape index (κ3) is 15.7. The largest absolute Gasteiger partial charge is 0.468 e. The van der Waals surface area contributed by atoms with Gasteiger partial charge in [-0.15, -0.1) is 0 Å². The third-order valence-corrected chi connectivity index (χ3v) is 7.59. The van der Waals surface area contributed by atoms with E-state index < -0.39 is 17.6 Å². The Morgan fingerprint density at radius 3 is 2.36 bits per heavy atom. The number of nitriles is 1. The van der Waals surface area contributed by atoms with Gasteiger partial charge in [-0.2, -0.15) is 4.99 Å². The van der Waals surface area contributed by atoms with E-state index in [0.717, 1.165) is 57.7 Å². The number of unbranched alkanes of at least 4 members (excludes halogenated alkanes) is 1. The minimum atomic E-state index is -1.06. The third-order valence-electron chi connectivity index (χ3n) is 7.59. The number of aromatic nitrogens is 1. The molecule has 2 fully saturated rings. The highest BCUT2D eigenvalue weighted by Crippen LogP contribution is 2.33. The van der Waals surface area contributed by atoms with E-state index >= 15 is 0 Å². The summed E-state index contributed by atoms with van der Waals surface area (Å²) in [6.07, 6.45) is 8.26. The molecule has 14 heteroatoms. The van der Waals surface area contributed by atoms with Gasteiger partial charge in [0.25, 0.3) is 5.91 Å². The molecule has 1 saturated carbocycles. The Morgan fingerprint density at radius 1 is 1.19 bits per heavy atom. The summed E-state index contributed by atoms with van der Waals surface area (Å²) >= 11 is 0. The summed E-state index contributed by atoms with van der Waals surface area (Å²) in [5, 5.41) is 13.5. The topological polar surface area (TPSA) is 225 Å². The van der Waals surface area contributed by atoms with Gasteiger partial charge in [0.05, 0.1) is 31.4 Å². The van der Waals surface area contributed by atoms with Crippen molar-refractivity contribution < 1.29 is 38.4 Å². The van der Waals surface area contributed by atoms with E-state index in [0.29, 0.717) is 24.6 Å². The van der Waals surface area contributed by atoms with E-state index in [-0.39, 0.29) is 42.5 Å². The first-order valence-corrected chi connectivity index (χ1v) is 16.0. The van der Waals surface area contributed by atoms with Crippen molar-refractivity contribution in [2.24, 2.45) is 33.3 Å². The Kier molecular flexibility index (Phi) is 21.8. The second kappa shape index (κ2) is 23.6. The molecule has 1 amide bonds. The number of amidine groups is 1. The highest BCUT2D eigenvalue weighted by Gasteiger charge is 2.31. The SMILES string of the molecule is C#N.CCCCOC(C)(C)C(=O)N=C(N=CN)c1ccc(C2CCC(COC(=O)CC3CCC3)O2)[nH]1.CO.COC(=O)C(N)C(C)C. The van der Waals surface area contributed by atoms with Crippen molar-refractivity contribution in [2.75, 3.05) is 27.4 Å². The molecule has 1 aromatic heterocycles. The van der Waals surface area contributed by atoms with E-state index in [1.165, 1.54) is 13.5 Å². The zero-order chi connectivity index (χ0) is 36.0. The van der Waals surface area contributed by atoms with E-state index in [1.807, 2.05) is 19.9 Å². The summed E-state index contributed by atoms with van der Waals surface area (Å²) in [5.74, 6) is -0.0748. The minimum absolute atomic E-state index is 0.125. The van der Waals surface area contributed by atoms with Crippen LogP contribution in [0.15, 0.2) is 22.1 Å². The molecule has 47 heavy (non-hydrogen) atoms. The molecule has 3 rings (SSSR count). The van der Waals surface area contributed by atoms with Crippen LogP contribution in [0.5, 0.6) is 0 Å². The van der Waals surface area contributed by atoms with E-state index in [9.17, 15) is 14.4 Å². The molecule has 1 aliphatic carbocycles. The van der Waals surface area contributed by atoms with Gasteiger partial charge in [-0.25, -0.2) is 10.3 Å².